The topological polar surface area (TPSA) is 97.1 Å². The molecule has 1 saturated carbocycles. The van der Waals surface area contributed by atoms with Crippen molar-refractivity contribution in [1.82, 2.24) is 14.8 Å². The number of aromatic nitrogens is 3. The monoisotopic (exact) mass is 428 g/mol. The Morgan fingerprint density at radius 1 is 1.31 bits per heavy atom. The molecule has 1 aromatic carbocycles. The summed E-state index contributed by atoms with van der Waals surface area (Å²) in [4.78, 5) is 28.4. The van der Waals surface area contributed by atoms with Crippen LogP contribution in [0.4, 0.5) is 5.13 Å². The number of hydrogen-bond acceptors (Lipinski definition) is 5. The highest BCUT2D eigenvalue weighted by Gasteiger charge is 2.35. The Bertz CT molecular complexity index is 1180. The molecule has 0 atom stereocenters. The number of carbonyl (C=O) groups excluding carboxylic acids is 1. The van der Waals surface area contributed by atoms with E-state index in [-0.39, 0.29) is 16.5 Å². The number of hydrogen-bond donors (Lipinski definition) is 2. The van der Waals surface area contributed by atoms with E-state index in [4.69, 9.17) is 16.7 Å². The Morgan fingerprint density at radius 3 is 2.76 bits per heavy atom. The molecule has 2 aliphatic carbocycles. The molecule has 7 nitrogen and oxygen atoms in total. The first kappa shape index (κ1) is 18.3. The summed E-state index contributed by atoms with van der Waals surface area (Å²) in [6.45, 7) is 1.47. The van der Waals surface area contributed by atoms with E-state index in [0.717, 1.165) is 47.6 Å². The van der Waals surface area contributed by atoms with Gasteiger partial charge in [0.2, 0.25) is 5.91 Å². The highest BCUT2D eigenvalue weighted by atomic mass is 35.5. The summed E-state index contributed by atoms with van der Waals surface area (Å²) >= 11 is 7.66. The predicted octanol–water partition coefficient (Wildman–Crippen LogP) is 4.28. The number of carboxylic acid groups (broad SMARTS) is 1. The molecule has 0 spiro atoms. The zero-order valence-corrected chi connectivity index (χ0v) is 17.1. The summed E-state index contributed by atoms with van der Waals surface area (Å²) in [5.74, 6) is -0.741. The van der Waals surface area contributed by atoms with Gasteiger partial charge in [0.25, 0.3) is 0 Å². The van der Waals surface area contributed by atoms with Crippen molar-refractivity contribution in [2.24, 2.45) is 0 Å². The van der Waals surface area contributed by atoms with Crippen LogP contribution in [0.1, 0.15) is 53.0 Å². The van der Waals surface area contributed by atoms with Crippen LogP contribution in [0.3, 0.4) is 0 Å². The van der Waals surface area contributed by atoms with Crippen LogP contribution in [0.25, 0.3) is 16.3 Å². The molecule has 0 saturated heterocycles. The molecule has 2 heterocycles. The number of carboxylic acids is 1. The van der Waals surface area contributed by atoms with E-state index in [1.165, 1.54) is 29.9 Å². The van der Waals surface area contributed by atoms with Crippen LogP contribution in [-0.4, -0.2) is 31.7 Å². The molecular weight excluding hydrogens is 412 g/mol. The number of rotatable bonds is 4. The lowest BCUT2D eigenvalue weighted by Crippen LogP contribution is -2.07. The standard InChI is InChI=1S/C20H17ClN4O3S/c1-9(26)22-20-23-15-7-6-13-16(10-2-3-10)24-25(17(13)18(15)29-20)11-4-5-12(19(27)28)14(21)8-11/h4-5,8,10H,2-3,6-7H2,1H3,(H,27,28)(H,22,23,26). The Labute approximate surface area is 175 Å². The average molecular weight is 429 g/mol. The molecule has 148 valence electrons. The minimum Gasteiger partial charge on any atom is -0.478 e. The fourth-order valence-corrected chi connectivity index (χ4v) is 5.15. The van der Waals surface area contributed by atoms with Crippen LogP contribution in [-0.2, 0) is 17.6 Å². The maximum atomic E-state index is 11.5. The van der Waals surface area contributed by atoms with Gasteiger partial charge in [0.1, 0.15) is 0 Å². The van der Waals surface area contributed by atoms with Crippen molar-refractivity contribution in [3.63, 3.8) is 0 Å². The second-order valence-electron chi connectivity index (χ2n) is 7.34. The van der Waals surface area contributed by atoms with Gasteiger partial charge < -0.3 is 10.4 Å². The lowest BCUT2D eigenvalue weighted by Gasteiger charge is -2.14. The van der Waals surface area contributed by atoms with Gasteiger partial charge in [-0.05, 0) is 43.9 Å². The summed E-state index contributed by atoms with van der Waals surface area (Å²) in [6.07, 6.45) is 3.92. The van der Waals surface area contributed by atoms with Crippen molar-refractivity contribution in [1.29, 1.82) is 0 Å². The third-order valence-corrected chi connectivity index (χ3v) is 6.55. The van der Waals surface area contributed by atoms with Crippen LogP contribution < -0.4 is 5.32 Å². The fourth-order valence-electron chi connectivity index (χ4n) is 3.78. The van der Waals surface area contributed by atoms with Gasteiger partial charge >= 0.3 is 5.97 Å². The number of nitrogens with one attached hydrogen (secondary N) is 1. The summed E-state index contributed by atoms with van der Waals surface area (Å²) in [5, 5.41) is 17.7. The minimum absolute atomic E-state index is 0.0604. The number of thiazole rings is 1. The van der Waals surface area contributed by atoms with E-state index in [9.17, 15) is 14.7 Å². The molecule has 1 amide bonds. The van der Waals surface area contributed by atoms with Gasteiger partial charge in [-0.15, -0.1) is 0 Å². The number of anilines is 1. The summed E-state index contributed by atoms with van der Waals surface area (Å²) < 4.78 is 1.86. The quantitative estimate of drug-likeness (QED) is 0.646. The first-order valence-electron chi connectivity index (χ1n) is 9.35. The van der Waals surface area contributed by atoms with Crippen LogP contribution in [0.5, 0.6) is 0 Å². The van der Waals surface area contributed by atoms with Gasteiger partial charge in [-0.2, -0.15) is 5.10 Å². The summed E-state index contributed by atoms with van der Waals surface area (Å²) in [5.41, 5.74) is 5.02. The van der Waals surface area contributed by atoms with E-state index in [2.05, 4.69) is 10.3 Å². The first-order chi connectivity index (χ1) is 13.9. The molecule has 3 aromatic rings. The highest BCUT2D eigenvalue weighted by Crippen LogP contribution is 2.48. The Hall–Kier alpha value is -2.71. The predicted molar refractivity (Wildman–Crippen MR) is 110 cm³/mol. The van der Waals surface area contributed by atoms with Gasteiger partial charge in [0, 0.05) is 18.4 Å². The van der Waals surface area contributed by atoms with Crippen LogP contribution >= 0.6 is 22.9 Å². The SMILES string of the molecule is CC(=O)Nc1nc2c(s1)-c1c(c(C3CC3)nn1-c1ccc(C(=O)O)c(Cl)c1)CC2. The van der Waals surface area contributed by atoms with Crippen molar-refractivity contribution >= 4 is 39.9 Å². The molecule has 2 aromatic heterocycles. The molecule has 0 radical (unpaired) electrons. The Kier molecular flexibility index (Phi) is 4.22. The summed E-state index contributed by atoms with van der Waals surface area (Å²) in [7, 11) is 0. The van der Waals surface area contributed by atoms with Gasteiger partial charge in [-0.25, -0.2) is 14.5 Å². The number of aryl methyl sites for hydroxylation is 1. The molecule has 1 fully saturated rings. The molecule has 0 unspecified atom stereocenters. The average Bonchev–Trinajstić information content (AvgIpc) is 3.30. The maximum Gasteiger partial charge on any atom is 0.337 e. The zero-order chi connectivity index (χ0) is 20.3. The zero-order valence-electron chi connectivity index (χ0n) is 15.5. The van der Waals surface area contributed by atoms with E-state index < -0.39 is 5.97 Å². The number of amides is 1. The molecule has 2 aliphatic rings. The van der Waals surface area contributed by atoms with Crippen LogP contribution in [0.2, 0.25) is 5.02 Å². The minimum atomic E-state index is -1.06. The van der Waals surface area contributed by atoms with Gasteiger partial charge in [-0.3, -0.25) is 4.79 Å². The lowest BCUT2D eigenvalue weighted by atomic mass is 9.96. The Morgan fingerprint density at radius 2 is 2.10 bits per heavy atom. The van der Waals surface area contributed by atoms with Gasteiger partial charge in [-0.1, -0.05) is 22.9 Å². The van der Waals surface area contributed by atoms with Crippen molar-refractivity contribution in [2.75, 3.05) is 5.32 Å². The molecule has 9 heteroatoms. The number of halogens is 1. The molecule has 0 bridgehead atoms. The maximum absolute atomic E-state index is 11.5. The number of nitrogens with zero attached hydrogens (tertiary/aromatic N) is 3. The fraction of sp³-hybridized carbons (Fsp3) is 0.300. The smallest absolute Gasteiger partial charge is 0.337 e. The number of carbonyl (C=O) groups is 2. The second-order valence-corrected chi connectivity index (χ2v) is 8.75. The van der Waals surface area contributed by atoms with Crippen molar-refractivity contribution < 1.29 is 14.7 Å². The number of benzene rings is 1. The van der Waals surface area contributed by atoms with Crippen molar-refractivity contribution in [2.45, 2.75) is 38.5 Å². The van der Waals surface area contributed by atoms with Gasteiger partial charge in [0.15, 0.2) is 5.13 Å². The lowest BCUT2D eigenvalue weighted by molar-refractivity contribution is -0.114. The largest absolute Gasteiger partial charge is 0.478 e. The van der Waals surface area contributed by atoms with Crippen molar-refractivity contribution in [3.05, 3.63) is 45.7 Å². The molecule has 5 rings (SSSR count). The number of aromatic carboxylic acids is 1. The summed E-state index contributed by atoms with van der Waals surface area (Å²) in [6, 6.07) is 4.87. The third-order valence-electron chi connectivity index (χ3n) is 5.21. The molecule has 2 N–H and O–H groups in total. The van der Waals surface area contributed by atoms with E-state index in [1.54, 1.807) is 12.1 Å². The van der Waals surface area contributed by atoms with E-state index in [1.807, 2.05) is 4.68 Å². The normalized spacial score (nSPS) is 15.0. The van der Waals surface area contributed by atoms with Gasteiger partial charge in [0.05, 0.1) is 38.2 Å². The van der Waals surface area contributed by atoms with Crippen LogP contribution in [0, 0.1) is 0 Å². The van der Waals surface area contributed by atoms with Crippen LogP contribution in [0.15, 0.2) is 18.2 Å². The second kappa shape index (κ2) is 6.67. The third kappa shape index (κ3) is 3.12. The first-order valence-corrected chi connectivity index (χ1v) is 10.5. The highest BCUT2D eigenvalue weighted by molar-refractivity contribution is 7.19. The van der Waals surface area contributed by atoms with Crippen molar-refractivity contribution in [3.8, 4) is 16.3 Å². The molecule has 0 aliphatic heterocycles. The molecular formula is C20H17ClN4O3S. The number of fused-ring (bicyclic) bond motifs is 3. The van der Waals surface area contributed by atoms with E-state index >= 15 is 0 Å². The molecule has 29 heavy (non-hydrogen) atoms. The van der Waals surface area contributed by atoms with E-state index in [0.29, 0.717) is 16.7 Å². The Balaban J connectivity index is 1.68.